The first-order chi connectivity index (χ1) is 9.13. The number of nitrogens with zero attached hydrogens (tertiary/aromatic N) is 2. The molecular weight excluding hydrogens is 309 g/mol. The van der Waals surface area contributed by atoms with E-state index in [1.165, 1.54) is 12.4 Å². The van der Waals surface area contributed by atoms with E-state index in [1.54, 1.807) is 12.1 Å². The minimum absolute atomic E-state index is 0.286. The number of halogens is 2. The molecule has 1 aromatic carbocycles. The normalized spacial score (nSPS) is 10.5. The van der Waals surface area contributed by atoms with Crippen molar-refractivity contribution < 1.29 is 4.39 Å². The minimum Gasteiger partial charge on any atom is -0.370 e. The van der Waals surface area contributed by atoms with Crippen molar-refractivity contribution >= 4 is 21.7 Å². The van der Waals surface area contributed by atoms with Crippen LogP contribution in [0.25, 0.3) is 11.3 Å². The molecule has 0 aliphatic heterocycles. The molecule has 1 N–H and O–H groups in total. The number of nitrogens with one attached hydrogen (secondary N) is 1. The Morgan fingerprint density at radius 2 is 2.11 bits per heavy atom. The molecule has 19 heavy (non-hydrogen) atoms. The zero-order valence-electron chi connectivity index (χ0n) is 10.9. The van der Waals surface area contributed by atoms with Crippen LogP contribution in [0, 0.1) is 12.7 Å². The van der Waals surface area contributed by atoms with Gasteiger partial charge >= 0.3 is 0 Å². The van der Waals surface area contributed by atoms with Gasteiger partial charge in [-0.25, -0.2) is 14.4 Å². The molecule has 5 heteroatoms. The first kappa shape index (κ1) is 13.9. The lowest BCUT2D eigenvalue weighted by Gasteiger charge is -2.11. The van der Waals surface area contributed by atoms with Crippen molar-refractivity contribution in [2.24, 2.45) is 0 Å². The highest BCUT2D eigenvalue weighted by Gasteiger charge is 2.13. The van der Waals surface area contributed by atoms with Crippen LogP contribution in [0.4, 0.5) is 10.2 Å². The van der Waals surface area contributed by atoms with Crippen LogP contribution in [0.2, 0.25) is 0 Å². The highest BCUT2D eigenvalue weighted by Crippen LogP contribution is 2.29. The van der Waals surface area contributed by atoms with Gasteiger partial charge in [0.1, 0.15) is 18.0 Å². The Hall–Kier alpha value is -1.49. The van der Waals surface area contributed by atoms with Crippen molar-refractivity contribution in [3.05, 3.63) is 40.4 Å². The van der Waals surface area contributed by atoms with Gasteiger partial charge in [0, 0.05) is 22.1 Å². The third kappa shape index (κ3) is 3.10. The summed E-state index contributed by atoms with van der Waals surface area (Å²) in [7, 11) is 0. The Balaban J connectivity index is 2.47. The highest BCUT2D eigenvalue weighted by atomic mass is 79.9. The summed E-state index contributed by atoms with van der Waals surface area (Å²) < 4.78 is 14.7. The van der Waals surface area contributed by atoms with E-state index in [9.17, 15) is 4.39 Å². The molecule has 0 aliphatic carbocycles. The van der Waals surface area contributed by atoms with Crippen molar-refractivity contribution in [3.63, 3.8) is 0 Å². The number of hydrogen-bond donors (Lipinski definition) is 1. The van der Waals surface area contributed by atoms with Crippen LogP contribution in [0.3, 0.4) is 0 Å². The molecule has 0 radical (unpaired) electrons. The van der Waals surface area contributed by atoms with Crippen molar-refractivity contribution in [2.45, 2.75) is 20.3 Å². The average molecular weight is 324 g/mol. The quantitative estimate of drug-likeness (QED) is 0.917. The number of rotatable bonds is 4. The Morgan fingerprint density at radius 3 is 2.84 bits per heavy atom. The SMILES string of the molecule is CCCNc1ncnc(-c2cc(Br)ccc2F)c1C. The molecule has 1 heterocycles. The molecule has 0 bridgehead atoms. The molecule has 1 aromatic heterocycles. The standard InChI is InChI=1S/C14H15BrFN3/c1-3-6-17-14-9(2)13(18-8-19-14)11-7-10(15)4-5-12(11)16/h4-5,7-8H,3,6H2,1-2H3,(H,17,18,19). The van der Waals surface area contributed by atoms with Gasteiger partial charge in [0.2, 0.25) is 0 Å². The van der Waals surface area contributed by atoms with Crippen molar-refractivity contribution in [3.8, 4) is 11.3 Å². The van der Waals surface area contributed by atoms with Crippen LogP contribution in [0.5, 0.6) is 0 Å². The van der Waals surface area contributed by atoms with Gasteiger partial charge in [0.05, 0.1) is 5.69 Å². The molecule has 0 amide bonds. The smallest absolute Gasteiger partial charge is 0.132 e. The molecule has 0 spiro atoms. The highest BCUT2D eigenvalue weighted by molar-refractivity contribution is 9.10. The second-order valence-electron chi connectivity index (χ2n) is 4.25. The van der Waals surface area contributed by atoms with E-state index < -0.39 is 0 Å². The molecule has 0 atom stereocenters. The molecule has 2 rings (SSSR count). The zero-order valence-corrected chi connectivity index (χ0v) is 12.5. The van der Waals surface area contributed by atoms with Crippen molar-refractivity contribution in [1.82, 2.24) is 9.97 Å². The fraction of sp³-hybridized carbons (Fsp3) is 0.286. The van der Waals surface area contributed by atoms with Gasteiger partial charge < -0.3 is 5.32 Å². The third-order valence-corrected chi connectivity index (χ3v) is 3.30. The molecule has 0 fully saturated rings. The zero-order chi connectivity index (χ0) is 13.8. The monoisotopic (exact) mass is 323 g/mol. The molecule has 0 aliphatic rings. The molecule has 3 nitrogen and oxygen atoms in total. The maximum atomic E-state index is 13.9. The van der Waals surface area contributed by atoms with Crippen molar-refractivity contribution in [2.75, 3.05) is 11.9 Å². The van der Waals surface area contributed by atoms with Gasteiger partial charge in [0.25, 0.3) is 0 Å². The average Bonchev–Trinajstić information content (AvgIpc) is 2.41. The van der Waals surface area contributed by atoms with Gasteiger partial charge in [-0.15, -0.1) is 0 Å². The summed E-state index contributed by atoms with van der Waals surface area (Å²) in [6, 6.07) is 4.83. The van der Waals surface area contributed by atoms with Crippen LogP contribution >= 0.6 is 15.9 Å². The van der Waals surface area contributed by atoms with E-state index in [0.717, 1.165) is 28.8 Å². The van der Waals surface area contributed by atoms with E-state index in [-0.39, 0.29) is 5.82 Å². The minimum atomic E-state index is -0.286. The Labute approximate surface area is 120 Å². The summed E-state index contributed by atoms with van der Waals surface area (Å²) in [5.41, 5.74) is 1.95. The van der Waals surface area contributed by atoms with Gasteiger partial charge in [-0.1, -0.05) is 22.9 Å². The Kier molecular flexibility index (Phi) is 4.47. The van der Waals surface area contributed by atoms with E-state index in [1.807, 2.05) is 6.92 Å². The first-order valence-corrected chi connectivity index (χ1v) is 6.93. The fourth-order valence-electron chi connectivity index (χ4n) is 1.82. The number of hydrogen-bond acceptors (Lipinski definition) is 3. The first-order valence-electron chi connectivity index (χ1n) is 6.14. The Morgan fingerprint density at radius 1 is 1.32 bits per heavy atom. The van der Waals surface area contributed by atoms with Gasteiger partial charge in [0.15, 0.2) is 0 Å². The van der Waals surface area contributed by atoms with Gasteiger partial charge in [-0.3, -0.25) is 0 Å². The number of anilines is 1. The second-order valence-corrected chi connectivity index (χ2v) is 5.16. The maximum absolute atomic E-state index is 13.9. The predicted molar refractivity (Wildman–Crippen MR) is 78.6 cm³/mol. The molecule has 2 aromatic rings. The summed E-state index contributed by atoms with van der Waals surface area (Å²) in [4.78, 5) is 8.40. The van der Waals surface area contributed by atoms with Crippen LogP contribution in [-0.2, 0) is 0 Å². The lowest BCUT2D eigenvalue weighted by Crippen LogP contribution is -2.06. The molecular formula is C14H15BrFN3. The predicted octanol–water partition coefficient (Wildman–Crippen LogP) is 4.18. The van der Waals surface area contributed by atoms with Crippen molar-refractivity contribution in [1.29, 1.82) is 0 Å². The Bertz CT molecular complexity index is 587. The lowest BCUT2D eigenvalue weighted by atomic mass is 10.1. The summed E-state index contributed by atoms with van der Waals surface area (Å²) >= 11 is 3.35. The van der Waals surface area contributed by atoms with E-state index in [2.05, 4.69) is 38.1 Å². The summed E-state index contributed by atoms with van der Waals surface area (Å²) in [6.07, 6.45) is 2.46. The maximum Gasteiger partial charge on any atom is 0.132 e. The molecule has 100 valence electrons. The van der Waals surface area contributed by atoms with E-state index >= 15 is 0 Å². The van der Waals surface area contributed by atoms with E-state index in [4.69, 9.17) is 0 Å². The van der Waals surface area contributed by atoms with Crippen LogP contribution in [0.15, 0.2) is 29.0 Å². The summed E-state index contributed by atoms with van der Waals surface area (Å²) in [6.45, 7) is 4.81. The van der Waals surface area contributed by atoms with Crippen LogP contribution in [-0.4, -0.2) is 16.5 Å². The third-order valence-electron chi connectivity index (χ3n) is 2.81. The lowest BCUT2D eigenvalue weighted by molar-refractivity contribution is 0.630. The fourth-order valence-corrected chi connectivity index (χ4v) is 2.18. The van der Waals surface area contributed by atoms with Crippen LogP contribution in [0.1, 0.15) is 18.9 Å². The van der Waals surface area contributed by atoms with Gasteiger partial charge in [-0.2, -0.15) is 0 Å². The molecule has 0 saturated heterocycles. The number of aromatic nitrogens is 2. The largest absolute Gasteiger partial charge is 0.370 e. The summed E-state index contributed by atoms with van der Waals surface area (Å²) in [5, 5.41) is 3.22. The number of benzene rings is 1. The van der Waals surface area contributed by atoms with E-state index in [0.29, 0.717) is 11.3 Å². The van der Waals surface area contributed by atoms with Gasteiger partial charge in [-0.05, 0) is 31.5 Å². The molecule has 0 saturated carbocycles. The van der Waals surface area contributed by atoms with Crippen LogP contribution < -0.4 is 5.32 Å². The second kappa shape index (κ2) is 6.10. The topological polar surface area (TPSA) is 37.8 Å². The summed E-state index contributed by atoms with van der Waals surface area (Å²) in [5.74, 6) is 0.470. The molecule has 0 unspecified atom stereocenters.